The van der Waals surface area contributed by atoms with E-state index < -0.39 is 0 Å². The maximum Gasteiger partial charge on any atom is 0.320 e. The number of methoxy groups -OCH3 is 1. The van der Waals surface area contributed by atoms with E-state index >= 15 is 0 Å². The molecule has 0 aromatic heterocycles. The van der Waals surface area contributed by atoms with Crippen LogP contribution in [0.15, 0.2) is 30.3 Å². The Morgan fingerprint density at radius 2 is 2.24 bits per heavy atom. The Kier molecular flexibility index (Phi) is 5.44. The van der Waals surface area contributed by atoms with Gasteiger partial charge in [-0.3, -0.25) is 9.59 Å². The molecule has 1 heterocycles. The standard InChI is InChI=1S/C16H19NO3S/c1-12-4-3-5-13(10-12)6-7-15(18)17-8-9-21-14(11-17)16(19)20-2/h3-7,10,14H,8-9,11H2,1-2H3/b7-6+/t14-/m1/s1. The maximum atomic E-state index is 12.2. The molecule has 0 saturated carbocycles. The Morgan fingerprint density at radius 1 is 1.43 bits per heavy atom. The number of carbonyl (C=O) groups excluding carboxylic acids is 2. The van der Waals surface area contributed by atoms with Gasteiger partial charge in [0, 0.05) is 24.9 Å². The Hall–Kier alpha value is -1.75. The van der Waals surface area contributed by atoms with E-state index in [4.69, 9.17) is 4.74 Å². The van der Waals surface area contributed by atoms with Crippen molar-refractivity contribution in [3.8, 4) is 0 Å². The van der Waals surface area contributed by atoms with Crippen molar-refractivity contribution in [2.75, 3.05) is 26.0 Å². The summed E-state index contributed by atoms with van der Waals surface area (Å²) in [5.74, 6) is 0.426. The second kappa shape index (κ2) is 7.31. The molecule has 1 amide bonds. The zero-order valence-corrected chi connectivity index (χ0v) is 13.1. The van der Waals surface area contributed by atoms with Gasteiger partial charge in [0.05, 0.1) is 7.11 Å². The van der Waals surface area contributed by atoms with Gasteiger partial charge >= 0.3 is 5.97 Å². The largest absolute Gasteiger partial charge is 0.468 e. The molecule has 1 aliphatic heterocycles. The molecule has 112 valence electrons. The third-order valence-electron chi connectivity index (χ3n) is 3.30. The van der Waals surface area contributed by atoms with Crippen molar-refractivity contribution in [3.63, 3.8) is 0 Å². The highest BCUT2D eigenvalue weighted by molar-refractivity contribution is 8.00. The fourth-order valence-electron chi connectivity index (χ4n) is 2.17. The number of hydrogen-bond donors (Lipinski definition) is 0. The van der Waals surface area contributed by atoms with Gasteiger partial charge in [-0.2, -0.15) is 0 Å². The Labute approximate surface area is 129 Å². The number of amides is 1. The van der Waals surface area contributed by atoms with E-state index in [1.54, 1.807) is 22.7 Å². The molecule has 1 saturated heterocycles. The highest BCUT2D eigenvalue weighted by Gasteiger charge is 2.28. The first-order valence-electron chi connectivity index (χ1n) is 6.83. The molecule has 5 heteroatoms. The van der Waals surface area contributed by atoms with Gasteiger partial charge in [-0.15, -0.1) is 11.8 Å². The van der Waals surface area contributed by atoms with Gasteiger partial charge < -0.3 is 9.64 Å². The smallest absolute Gasteiger partial charge is 0.320 e. The number of ether oxygens (including phenoxy) is 1. The van der Waals surface area contributed by atoms with Gasteiger partial charge in [-0.1, -0.05) is 29.8 Å². The van der Waals surface area contributed by atoms with Crippen LogP contribution in [0.2, 0.25) is 0 Å². The van der Waals surface area contributed by atoms with Crippen LogP contribution in [-0.4, -0.2) is 48.0 Å². The maximum absolute atomic E-state index is 12.2. The van der Waals surface area contributed by atoms with Crippen LogP contribution in [-0.2, 0) is 14.3 Å². The molecular weight excluding hydrogens is 286 g/mol. The van der Waals surface area contributed by atoms with Crippen molar-refractivity contribution in [3.05, 3.63) is 41.5 Å². The van der Waals surface area contributed by atoms with Gasteiger partial charge in [0.15, 0.2) is 0 Å². The molecule has 0 radical (unpaired) electrons. The molecule has 1 fully saturated rings. The van der Waals surface area contributed by atoms with Crippen molar-refractivity contribution in [2.45, 2.75) is 12.2 Å². The molecule has 0 bridgehead atoms. The van der Waals surface area contributed by atoms with Crippen molar-refractivity contribution in [1.29, 1.82) is 0 Å². The molecule has 0 unspecified atom stereocenters. The first kappa shape index (κ1) is 15.6. The molecule has 0 aliphatic carbocycles. The average molecular weight is 305 g/mol. The van der Waals surface area contributed by atoms with Crippen LogP contribution in [0.1, 0.15) is 11.1 Å². The summed E-state index contributed by atoms with van der Waals surface area (Å²) >= 11 is 1.54. The van der Waals surface area contributed by atoms with Crippen LogP contribution in [0.5, 0.6) is 0 Å². The summed E-state index contributed by atoms with van der Waals surface area (Å²) in [6.45, 7) is 3.09. The highest BCUT2D eigenvalue weighted by Crippen LogP contribution is 2.20. The van der Waals surface area contributed by atoms with Crippen molar-refractivity contribution in [1.82, 2.24) is 4.90 Å². The van der Waals surface area contributed by atoms with Crippen molar-refractivity contribution < 1.29 is 14.3 Å². The van der Waals surface area contributed by atoms with Crippen LogP contribution >= 0.6 is 11.8 Å². The Balaban J connectivity index is 1.98. The summed E-state index contributed by atoms with van der Waals surface area (Å²) in [5.41, 5.74) is 2.16. The summed E-state index contributed by atoms with van der Waals surface area (Å²) in [6.07, 6.45) is 3.38. The minimum Gasteiger partial charge on any atom is -0.468 e. The van der Waals surface area contributed by atoms with E-state index in [9.17, 15) is 9.59 Å². The van der Waals surface area contributed by atoms with E-state index in [1.165, 1.54) is 7.11 Å². The predicted molar refractivity (Wildman–Crippen MR) is 85.1 cm³/mol. The summed E-state index contributed by atoms with van der Waals surface area (Å²) in [4.78, 5) is 25.4. The number of esters is 1. The second-order valence-corrected chi connectivity index (χ2v) is 6.22. The summed E-state index contributed by atoms with van der Waals surface area (Å²) < 4.78 is 4.74. The van der Waals surface area contributed by atoms with Gasteiger partial charge in [0.25, 0.3) is 0 Å². The minimum absolute atomic E-state index is 0.0642. The first-order valence-corrected chi connectivity index (χ1v) is 7.88. The molecule has 1 atom stereocenters. The molecule has 21 heavy (non-hydrogen) atoms. The molecular formula is C16H19NO3S. The Morgan fingerprint density at radius 3 is 2.95 bits per heavy atom. The second-order valence-electron chi connectivity index (χ2n) is 4.91. The number of thioether (sulfide) groups is 1. The molecule has 4 nitrogen and oxygen atoms in total. The quantitative estimate of drug-likeness (QED) is 0.634. The summed E-state index contributed by atoms with van der Waals surface area (Å²) in [7, 11) is 1.38. The lowest BCUT2D eigenvalue weighted by Gasteiger charge is -2.30. The molecule has 0 N–H and O–H groups in total. The van der Waals surface area contributed by atoms with Crippen LogP contribution in [0.25, 0.3) is 6.08 Å². The Bertz CT molecular complexity index is 556. The number of aryl methyl sites for hydroxylation is 1. The van der Waals surface area contributed by atoms with Crippen molar-refractivity contribution >= 4 is 29.7 Å². The van der Waals surface area contributed by atoms with E-state index in [2.05, 4.69) is 0 Å². The van der Waals surface area contributed by atoms with Crippen LogP contribution < -0.4 is 0 Å². The third-order valence-corrected chi connectivity index (χ3v) is 4.46. The van der Waals surface area contributed by atoms with Gasteiger partial charge in [0.2, 0.25) is 5.91 Å². The van der Waals surface area contributed by atoms with Crippen LogP contribution in [0, 0.1) is 6.92 Å². The number of hydrogen-bond acceptors (Lipinski definition) is 4. The number of rotatable bonds is 3. The minimum atomic E-state index is -0.278. The zero-order valence-electron chi connectivity index (χ0n) is 12.2. The average Bonchev–Trinajstić information content (AvgIpc) is 2.52. The monoisotopic (exact) mass is 305 g/mol. The van der Waals surface area contributed by atoms with Gasteiger partial charge in [-0.05, 0) is 18.6 Å². The van der Waals surface area contributed by atoms with Gasteiger partial charge in [0.1, 0.15) is 5.25 Å². The topological polar surface area (TPSA) is 46.6 Å². The molecule has 0 spiro atoms. The lowest BCUT2D eigenvalue weighted by molar-refractivity contribution is -0.140. The fourth-order valence-corrected chi connectivity index (χ4v) is 3.30. The van der Waals surface area contributed by atoms with Crippen LogP contribution in [0.4, 0.5) is 0 Å². The van der Waals surface area contributed by atoms with E-state index in [0.717, 1.165) is 16.9 Å². The van der Waals surface area contributed by atoms with Crippen molar-refractivity contribution in [2.24, 2.45) is 0 Å². The first-order chi connectivity index (χ1) is 10.1. The van der Waals surface area contributed by atoms with Crippen LogP contribution in [0.3, 0.4) is 0 Å². The number of nitrogens with zero attached hydrogens (tertiary/aromatic N) is 1. The lowest BCUT2D eigenvalue weighted by atomic mass is 10.1. The van der Waals surface area contributed by atoms with Gasteiger partial charge in [-0.25, -0.2) is 0 Å². The van der Waals surface area contributed by atoms with E-state index in [1.807, 2.05) is 37.3 Å². The third kappa shape index (κ3) is 4.36. The normalized spacial score (nSPS) is 18.8. The lowest BCUT2D eigenvalue weighted by Crippen LogP contribution is -2.44. The zero-order chi connectivity index (χ0) is 15.2. The molecule has 1 aromatic rings. The number of carbonyl (C=O) groups is 2. The summed E-state index contributed by atoms with van der Waals surface area (Å²) in [6, 6.07) is 7.96. The predicted octanol–water partition coefficient (Wildman–Crippen LogP) is 2.13. The van der Waals surface area contributed by atoms with E-state index in [-0.39, 0.29) is 17.1 Å². The number of benzene rings is 1. The van der Waals surface area contributed by atoms with E-state index in [0.29, 0.717) is 13.1 Å². The molecule has 2 rings (SSSR count). The highest BCUT2D eigenvalue weighted by atomic mass is 32.2. The summed E-state index contributed by atoms with van der Waals surface area (Å²) in [5, 5.41) is -0.278. The molecule has 1 aliphatic rings. The fraction of sp³-hybridized carbons (Fsp3) is 0.375. The molecule has 1 aromatic carbocycles. The SMILES string of the molecule is COC(=O)[C@H]1CN(C(=O)/C=C/c2cccc(C)c2)CCS1.